The molecule has 0 N–H and O–H groups in total. The van der Waals surface area contributed by atoms with Crippen molar-refractivity contribution in [2.24, 2.45) is 29.6 Å². The molecule has 3 fully saturated rings. The summed E-state index contributed by atoms with van der Waals surface area (Å²) in [7, 11) is 0. The molecule has 6 aromatic carbocycles. The Kier molecular flexibility index (Phi) is 7.00. The van der Waals surface area contributed by atoms with E-state index in [-0.39, 0.29) is 16.2 Å². The number of para-hydroxylation sites is 3. The van der Waals surface area contributed by atoms with Gasteiger partial charge in [-0.2, -0.15) is 0 Å². The number of rotatable bonds is 2. The van der Waals surface area contributed by atoms with Gasteiger partial charge in [0.25, 0.3) is 0 Å². The molecule has 3 heterocycles. The van der Waals surface area contributed by atoms with Crippen LogP contribution in [0.1, 0.15) is 96.4 Å². The fraction of sp³-hybridized carbons (Fsp3) is 0.345. The van der Waals surface area contributed by atoms with E-state index in [4.69, 9.17) is 4.42 Å². The van der Waals surface area contributed by atoms with E-state index in [0.29, 0.717) is 5.92 Å². The van der Waals surface area contributed by atoms with Crippen LogP contribution in [0.4, 0.5) is 17.1 Å². The van der Waals surface area contributed by atoms with Crippen LogP contribution in [0.25, 0.3) is 49.4 Å². The quantitative estimate of drug-likeness (QED) is 0.175. The number of fused-ring (bicyclic) bond motifs is 13. The number of aromatic nitrogens is 1. The van der Waals surface area contributed by atoms with Crippen LogP contribution >= 0.6 is 0 Å². The van der Waals surface area contributed by atoms with Crippen molar-refractivity contribution in [3.05, 3.63) is 144 Å². The lowest BCUT2D eigenvalue weighted by Gasteiger charge is -2.56. The van der Waals surface area contributed by atoms with Gasteiger partial charge in [0, 0.05) is 32.6 Å². The van der Waals surface area contributed by atoms with Crippen LogP contribution in [0.2, 0.25) is 0 Å². The second-order valence-corrected chi connectivity index (χ2v) is 20.7. The van der Waals surface area contributed by atoms with Gasteiger partial charge in [-0.25, -0.2) is 0 Å². The van der Waals surface area contributed by atoms with Crippen molar-refractivity contribution in [1.82, 2.24) is 4.57 Å². The Hall–Kier alpha value is -5.28. The van der Waals surface area contributed by atoms with E-state index in [2.05, 4.69) is 179 Å². The normalized spacial score (nSPS) is 23.4. The van der Waals surface area contributed by atoms with Crippen molar-refractivity contribution in [1.29, 1.82) is 0 Å². The fourth-order valence-corrected chi connectivity index (χ4v) is 12.9. The molecule has 3 saturated carbocycles. The lowest BCUT2D eigenvalue weighted by Crippen LogP contribution is -2.50. The Labute approximate surface area is 342 Å². The highest BCUT2D eigenvalue weighted by Crippen LogP contribution is 2.73. The highest BCUT2D eigenvalue weighted by Gasteiger charge is 2.66. The van der Waals surface area contributed by atoms with Crippen molar-refractivity contribution in [3.8, 4) is 5.69 Å². The molecule has 8 aromatic rings. The van der Waals surface area contributed by atoms with Crippen molar-refractivity contribution in [3.63, 3.8) is 0 Å². The second kappa shape index (κ2) is 11.7. The van der Waals surface area contributed by atoms with Gasteiger partial charge in [0.05, 0.1) is 28.1 Å². The number of furan rings is 1. The summed E-state index contributed by atoms with van der Waals surface area (Å²) in [4.78, 5) is 2.55. The van der Waals surface area contributed by atoms with Crippen molar-refractivity contribution in [2.45, 2.75) is 90.4 Å². The van der Waals surface area contributed by atoms with Crippen LogP contribution in [-0.2, 0) is 16.2 Å². The molecule has 3 aliphatic carbocycles. The number of benzene rings is 6. The molecule has 0 radical (unpaired) electrons. The van der Waals surface area contributed by atoms with Crippen molar-refractivity contribution >= 4 is 60.8 Å². The van der Waals surface area contributed by atoms with Crippen LogP contribution < -0.4 is 4.90 Å². The molecule has 3 nitrogen and oxygen atoms in total. The molecule has 4 aliphatic rings. The van der Waals surface area contributed by atoms with Gasteiger partial charge >= 0.3 is 0 Å². The molecule has 58 heavy (non-hydrogen) atoms. The molecular formula is C55H54N2O. The first kappa shape index (κ1) is 34.7. The van der Waals surface area contributed by atoms with Gasteiger partial charge in [-0.15, -0.1) is 0 Å². The maximum atomic E-state index is 7.02. The summed E-state index contributed by atoms with van der Waals surface area (Å²) in [6.45, 7) is 16.4. The van der Waals surface area contributed by atoms with Gasteiger partial charge in [-0.1, -0.05) is 109 Å². The van der Waals surface area contributed by atoms with E-state index in [9.17, 15) is 0 Å². The average Bonchev–Trinajstić information content (AvgIpc) is 3.78. The third-order valence-corrected chi connectivity index (χ3v) is 15.5. The third-order valence-electron chi connectivity index (χ3n) is 15.5. The van der Waals surface area contributed by atoms with Gasteiger partial charge in [-0.3, -0.25) is 0 Å². The maximum Gasteiger partial charge on any atom is 0.159 e. The van der Waals surface area contributed by atoms with Crippen LogP contribution in [0.3, 0.4) is 0 Å². The summed E-state index contributed by atoms with van der Waals surface area (Å²) in [6.07, 6.45) is 5.50. The highest BCUT2D eigenvalue weighted by molar-refractivity contribution is 6.13. The standard InChI is InChI=1S/C55H54N2O/c1-32-25-33-27-45-39(33)30-36(26-32)55(45)43-14-8-10-16-48(43)57(49-17-11-9-15-44(49)55)50-18-12-13-38-42-31-37(21-24-51(42)58-52(38)50)56-46-22-19-34(53(2,3)4)28-40(46)41-29-35(54(5,6)7)20-23-47(41)56/h8-24,28-29,31-33,36,39,45H,25-27,30H2,1-7H3/t32-,33-,36?,39?,45-/m1/s1. The first-order chi connectivity index (χ1) is 27.9. The number of nitrogens with zero attached hydrogens (tertiary/aromatic N) is 2. The predicted molar refractivity (Wildman–Crippen MR) is 243 cm³/mol. The minimum absolute atomic E-state index is 0.0563. The largest absolute Gasteiger partial charge is 0.454 e. The minimum Gasteiger partial charge on any atom is -0.454 e. The summed E-state index contributed by atoms with van der Waals surface area (Å²) in [5, 5.41) is 4.91. The Morgan fingerprint density at radius 3 is 1.83 bits per heavy atom. The Morgan fingerprint density at radius 1 is 0.569 bits per heavy atom. The maximum absolute atomic E-state index is 7.02. The molecule has 3 heteroatoms. The molecule has 290 valence electrons. The molecule has 0 saturated heterocycles. The summed E-state index contributed by atoms with van der Waals surface area (Å²) in [6, 6.07) is 46.6. The van der Waals surface area contributed by atoms with Gasteiger partial charge in [-0.05, 0) is 149 Å². The molecule has 2 bridgehead atoms. The minimum atomic E-state index is 0.0563. The van der Waals surface area contributed by atoms with E-state index in [1.54, 1.807) is 0 Å². The third kappa shape index (κ3) is 4.57. The van der Waals surface area contributed by atoms with E-state index < -0.39 is 0 Å². The molecule has 1 spiro atoms. The lowest BCUT2D eigenvalue weighted by molar-refractivity contribution is 0.0377. The summed E-state index contributed by atoms with van der Waals surface area (Å²) < 4.78 is 9.48. The van der Waals surface area contributed by atoms with E-state index in [0.717, 1.165) is 57.0 Å². The highest BCUT2D eigenvalue weighted by atomic mass is 16.3. The average molecular weight is 759 g/mol. The summed E-state index contributed by atoms with van der Waals surface area (Å²) in [5.41, 5.74) is 15.2. The molecule has 12 rings (SSSR count). The zero-order valence-corrected chi connectivity index (χ0v) is 35.1. The first-order valence-corrected chi connectivity index (χ1v) is 22.0. The SMILES string of the molecule is C[C@H]1CC2CC3[C@H](C1)C[C@H]3C21c2ccccc2N(c2cccc3c2oc2ccc(-n4c5ccc(C(C)(C)C)cc5c5cc(C(C)(C)C)ccc54)cc23)c2ccccc21. The second-order valence-electron chi connectivity index (χ2n) is 20.7. The van der Waals surface area contributed by atoms with Gasteiger partial charge in [0.15, 0.2) is 5.58 Å². The van der Waals surface area contributed by atoms with Crippen molar-refractivity contribution in [2.75, 3.05) is 4.90 Å². The number of hydrogen-bond acceptors (Lipinski definition) is 2. The molecule has 5 atom stereocenters. The van der Waals surface area contributed by atoms with Crippen LogP contribution in [0, 0.1) is 29.6 Å². The topological polar surface area (TPSA) is 21.3 Å². The molecule has 2 aromatic heterocycles. The van der Waals surface area contributed by atoms with Gasteiger partial charge < -0.3 is 13.9 Å². The van der Waals surface area contributed by atoms with Crippen LogP contribution in [-0.4, -0.2) is 4.57 Å². The molecule has 2 unspecified atom stereocenters. The van der Waals surface area contributed by atoms with E-state index >= 15 is 0 Å². The van der Waals surface area contributed by atoms with Crippen LogP contribution in [0.15, 0.2) is 126 Å². The Bertz CT molecular complexity index is 2880. The summed E-state index contributed by atoms with van der Waals surface area (Å²) in [5.74, 6) is 3.94. The smallest absolute Gasteiger partial charge is 0.159 e. The van der Waals surface area contributed by atoms with Gasteiger partial charge in [0.1, 0.15) is 5.58 Å². The predicted octanol–water partition coefficient (Wildman–Crippen LogP) is 15.0. The fourth-order valence-electron chi connectivity index (χ4n) is 12.9. The Balaban J connectivity index is 1.05. The van der Waals surface area contributed by atoms with E-state index in [1.807, 2.05) is 0 Å². The molecule has 1 aliphatic heterocycles. The molecule has 0 amide bonds. The first-order valence-electron chi connectivity index (χ1n) is 22.0. The molecular weight excluding hydrogens is 705 g/mol. The van der Waals surface area contributed by atoms with E-state index in [1.165, 1.54) is 81.1 Å². The summed E-state index contributed by atoms with van der Waals surface area (Å²) >= 11 is 0. The number of hydrogen-bond donors (Lipinski definition) is 0. The van der Waals surface area contributed by atoms with Crippen molar-refractivity contribution < 1.29 is 4.42 Å². The Morgan fingerprint density at radius 2 is 1.19 bits per heavy atom. The zero-order chi connectivity index (χ0) is 39.5. The lowest BCUT2D eigenvalue weighted by atomic mass is 9.50. The monoisotopic (exact) mass is 758 g/mol. The van der Waals surface area contributed by atoms with Gasteiger partial charge in [0.2, 0.25) is 0 Å². The van der Waals surface area contributed by atoms with Crippen LogP contribution in [0.5, 0.6) is 0 Å². The zero-order valence-electron chi connectivity index (χ0n) is 35.1. The number of anilines is 3.